The summed E-state index contributed by atoms with van der Waals surface area (Å²) < 4.78 is 1.98. The highest BCUT2D eigenvalue weighted by Crippen LogP contribution is 2.20. The van der Waals surface area contributed by atoms with Crippen LogP contribution in [-0.2, 0) is 29.0 Å². The molecule has 0 saturated heterocycles. The smallest absolute Gasteiger partial charge is 0.243 e. The van der Waals surface area contributed by atoms with Gasteiger partial charge in [0.05, 0.1) is 17.5 Å². The molecule has 0 spiro atoms. The number of nitrogens with zero attached hydrogens (tertiary/aromatic N) is 3. The number of hydrogen-bond donors (Lipinski definition) is 1. The van der Waals surface area contributed by atoms with Gasteiger partial charge in [0.25, 0.3) is 0 Å². The van der Waals surface area contributed by atoms with Gasteiger partial charge in [0, 0.05) is 26.1 Å². The standard InChI is InChI=1S/C32H34N4O2/c1-3-21-35(22-4-2)32(38)24-36-29-14-9-8-13-28(29)34-30(36)15-10-20-33-31(37)23-25-16-18-27(19-17-25)26-11-6-5-7-12-26/h3-9,11-14,16-19H,1-2,10,15,20-24H2,(H,33,37). The van der Waals surface area contributed by atoms with Crippen molar-refractivity contribution in [2.75, 3.05) is 19.6 Å². The molecule has 0 aliphatic carbocycles. The summed E-state index contributed by atoms with van der Waals surface area (Å²) in [6, 6.07) is 26.1. The summed E-state index contributed by atoms with van der Waals surface area (Å²) in [7, 11) is 0. The summed E-state index contributed by atoms with van der Waals surface area (Å²) in [5.41, 5.74) is 5.05. The second kappa shape index (κ2) is 13.2. The highest BCUT2D eigenvalue weighted by Gasteiger charge is 2.17. The van der Waals surface area contributed by atoms with Crippen LogP contribution in [0.1, 0.15) is 17.8 Å². The number of amides is 2. The number of hydrogen-bond acceptors (Lipinski definition) is 3. The Hall–Kier alpha value is -4.45. The molecule has 0 aliphatic heterocycles. The molecular weight excluding hydrogens is 472 g/mol. The number of carbonyl (C=O) groups is 2. The molecule has 1 N–H and O–H groups in total. The lowest BCUT2D eigenvalue weighted by atomic mass is 10.0. The minimum atomic E-state index is -0.0132. The minimum absolute atomic E-state index is 0.00867. The zero-order valence-electron chi connectivity index (χ0n) is 21.7. The van der Waals surface area contributed by atoms with E-state index in [0.29, 0.717) is 32.5 Å². The van der Waals surface area contributed by atoms with Crippen LogP contribution in [-0.4, -0.2) is 45.9 Å². The van der Waals surface area contributed by atoms with Gasteiger partial charge in [0.1, 0.15) is 12.4 Å². The first-order valence-electron chi connectivity index (χ1n) is 12.9. The number of benzene rings is 3. The molecule has 1 heterocycles. The number of imidazole rings is 1. The molecule has 38 heavy (non-hydrogen) atoms. The van der Waals surface area contributed by atoms with Crippen LogP contribution < -0.4 is 5.32 Å². The van der Waals surface area contributed by atoms with Gasteiger partial charge in [-0.3, -0.25) is 9.59 Å². The number of fused-ring (bicyclic) bond motifs is 1. The molecule has 4 aromatic rings. The molecule has 0 fully saturated rings. The number of rotatable bonds is 13. The van der Waals surface area contributed by atoms with Crippen LogP contribution in [0.3, 0.4) is 0 Å². The van der Waals surface area contributed by atoms with Crippen molar-refractivity contribution in [3.63, 3.8) is 0 Å². The lowest BCUT2D eigenvalue weighted by Crippen LogP contribution is -2.34. The van der Waals surface area contributed by atoms with Crippen molar-refractivity contribution in [2.24, 2.45) is 0 Å². The zero-order chi connectivity index (χ0) is 26.7. The van der Waals surface area contributed by atoms with Crippen molar-refractivity contribution in [1.29, 1.82) is 0 Å². The van der Waals surface area contributed by atoms with Crippen molar-refractivity contribution in [3.8, 4) is 11.1 Å². The molecule has 3 aromatic carbocycles. The molecule has 1 aromatic heterocycles. The summed E-state index contributed by atoms with van der Waals surface area (Å²) in [6.45, 7) is 9.18. The first-order valence-corrected chi connectivity index (χ1v) is 12.9. The average Bonchev–Trinajstić information content (AvgIpc) is 3.29. The lowest BCUT2D eigenvalue weighted by Gasteiger charge is -2.20. The van der Waals surface area contributed by atoms with E-state index in [9.17, 15) is 9.59 Å². The highest BCUT2D eigenvalue weighted by atomic mass is 16.2. The van der Waals surface area contributed by atoms with Crippen LogP contribution in [0.2, 0.25) is 0 Å². The number of aryl methyl sites for hydroxylation is 1. The van der Waals surface area contributed by atoms with E-state index < -0.39 is 0 Å². The predicted octanol–water partition coefficient (Wildman–Crippen LogP) is 5.20. The first-order chi connectivity index (χ1) is 18.6. The Labute approximate surface area is 224 Å². The van der Waals surface area contributed by atoms with E-state index in [1.54, 1.807) is 17.1 Å². The molecule has 0 unspecified atom stereocenters. The lowest BCUT2D eigenvalue weighted by molar-refractivity contribution is -0.130. The van der Waals surface area contributed by atoms with E-state index in [2.05, 4.69) is 42.7 Å². The van der Waals surface area contributed by atoms with Crippen LogP contribution in [0.25, 0.3) is 22.2 Å². The van der Waals surface area contributed by atoms with Gasteiger partial charge in [-0.1, -0.05) is 78.9 Å². The fraction of sp³-hybridized carbons (Fsp3) is 0.219. The van der Waals surface area contributed by atoms with Crippen molar-refractivity contribution < 1.29 is 9.59 Å². The van der Waals surface area contributed by atoms with Crippen LogP contribution >= 0.6 is 0 Å². The molecule has 6 heteroatoms. The molecule has 194 valence electrons. The molecular formula is C32H34N4O2. The fourth-order valence-corrected chi connectivity index (χ4v) is 4.49. The monoisotopic (exact) mass is 506 g/mol. The molecule has 0 saturated carbocycles. The van der Waals surface area contributed by atoms with Gasteiger partial charge < -0.3 is 14.8 Å². The highest BCUT2D eigenvalue weighted by molar-refractivity contribution is 5.81. The van der Waals surface area contributed by atoms with Crippen molar-refractivity contribution in [3.05, 3.63) is 116 Å². The van der Waals surface area contributed by atoms with Gasteiger partial charge in [-0.25, -0.2) is 4.98 Å². The van der Waals surface area contributed by atoms with E-state index in [4.69, 9.17) is 4.98 Å². The van der Waals surface area contributed by atoms with Crippen LogP contribution in [0.15, 0.2) is 104 Å². The van der Waals surface area contributed by atoms with Gasteiger partial charge in [0.15, 0.2) is 0 Å². The Morgan fingerprint density at radius 3 is 2.24 bits per heavy atom. The van der Waals surface area contributed by atoms with E-state index in [1.807, 2.05) is 59.2 Å². The number of carbonyl (C=O) groups excluding carboxylic acids is 2. The maximum Gasteiger partial charge on any atom is 0.243 e. The maximum absolute atomic E-state index is 13.0. The molecule has 0 radical (unpaired) electrons. The van der Waals surface area contributed by atoms with E-state index in [1.165, 1.54) is 0 Å². The molecule has 0 aliphatic rings. The molecule has 6 nitrogen and oxygen atoms in total. The fourth-order valence-electron chi connectivity index (χ4n) is 4.49. The van der Waals surface area contributed by atoms with E-state index in [0.717, 1.165) is 40.0 Å². The van der Waals surface area contributed by atoms with Crippen molar-refractivity contribution >= 4 is 22.8 Å². The Morgan fingerprint density at radius 2 is 1.53 bits per heavy atom. The van der Waals surface area contributed by atoms with E-state index in [-0.39, 0.29) is 18.4 Å². The molecule has 0 bridgehead atoms. The Balaban J connectivity index is 1.33. The average molecular weight is 507 g/mol. The normalized spacial score (nSPS) is 10.7. The summed E-state index contributed by atoms with van der Waals surface area (Å²) >= 11 is 0. The number of para-hydroxylation sites is 2. The van der Waals surface area contributed by atoms with Gasteiger partial charge >= 0.3 is 0 Å². The van der Waals surface area contributed by atoms with Crippen LogP contribution in [0.5, 0.6) is 0 Å². The first kappa shape index (κ1) is 26.6. The second-order valence-electron chi connectivity index (χ2n) is 9.17. The summed E-state index contributed by atoms with van der Waals surface area (Å²) in [5, 5.41) is 3.02. The third-order valence-electron chi connectivity index (χ3n) is 6.40. The van der Waals surface area contributed by atoms with Gasteiger partial charge in [-0.15, -0.1) is 13.2 Å². The molecule has 2 amide bonds. The third-order valence-corrected chi connectivity index (χ3v) is 6.40. The van der Waals surface area contributed by atoms with Crippen LogP contribution in [0.4, 0.5) is 0 Å². The third kappa shape index (κ3) is 6.85. The minimum Gasteiger partial charge on any atom is -0.356 e. The largest absolute Gasteiger partial charge is 0.356 e. The molecule has 0 atom stereocenters. The Morgan fingerprint density at radius 1 is 0.868 bits per heavy atom. The Bertz CT molecular complexity index is 1380. The summed E-state index contributed by atoms with van der Waals surface area (Å²) in [4.78, 5) is 32.0. The topological polar surface area (TPSA) is 67.2 Å². The number of aromatic nitrogens is 2. The van der Waals surface area contributed by atoms with Gasteiger partial charge in [-0.2, -0.15) is 0 Å². The summed E-state index contributed by atoms with van der Waals surface area (Å²) in [5.74, 6) is 0.814. The molecule has 4 rings (SSSR count). The quantitative estimate of drug-likeness (QED) is 0.200. The van der Waals surface area contributed by atoms with Crippen LogP contribution in [0, 0.1) is 0 Å². The maximum atomic E-state index is 13.0. The predicted molar refractivity (Wildman–Crippen MR) is 154 cm³/mol. The Kier molecular flexibility index (Phi) is 9.24. The summed E-state index contributed by atoms with van der Waals surface area (Å²) in [6.07, 6.45) is 5.14. The van der Waals surface area contributed by atoms with E-state index >= 15 is 0 Å². The van der Waals surface area contributed by atoms with Gasteiger partial charge in [0.2, 0.25) is 11.8 Å². The SMILES string of the molecule is C=CCN(CC=C)C(=O)Cn1c(CCCNC(=O)Cc2ccc(-c3ccccc3)cc2)nc2ccccc21. The van der Waals surface area contributed by atoms with Crippen molar-refractivity contribution in [2.45, 2.75) is 25.8 Å². The second-order valence-corrected chi connectivity index (χ2v) is 9.17. The zero-order valence-corrected chi connectivity index (χ0v) is 21.7. The number of nitrogens with one attached hydrogen (secondary N) is 1. The van der Waals surface area contributed by atoms with Crippen molar-refractivity contribution in [1.82, 2.24) is 19.8 Å². The van der Waals surface area contributed by atoms with Gasteiger partial charge in [-0.05, 0) is 35.2 Å².